The summed E-state index contributed by atoms with van der Waals surface area (Å²) in [5.74, 6) is 3.12. The molecule has 2 aromatic carbocycles. The second-order valence-electron chi connectivity index (χ2n) is 8.23. The van der Waals surface area contributed by atoms with Crippen molar-refractivity contribution >= 4 is 28.2 Å². The van der Waals surface area contributed by atoms with Crippen LogP contribution in [0.3, 0.4) is 0 Å². The molecule has 0 spiro atoms. The van der Waals surface area contributed by atoms with Crippen molar-refractivity contribution in [3.8, 4) is 11.8 Å². The van der Waals surface area contributed by atoms with Gasteiger partial charge in [0, 0.05) is 28.1 Å². The van der Waals surface area contributed by atoms with E-state index < -0.39 is 30.4 Å². The van der Waals surface area contributed by atoms with Crippen LogP contribution >= 0.6 is 0 Å². The van der Waals surface area contributed by atoms with Gasteiger partial charge in [0.05, 0.1) is 12.1 Å². The number of hydrogen-bond donors (Lipinski definition) is 0. The second kappa shape index (κ2) is 7.69. The van der Waals surface area contributed by atoms with Gasteiger partial charge < -0.3 is 4.90 Å². The van der Waals surface area contributed by atoms with E-state index in [1.54, 1.807) is 0 Å². The van der Waals surface area contributed by atoms with Gasteiger partial charge >= 0.3 is 0 Å². The molecule has 5 nitrogen and oxygen atoms in total. The summed E-state index contributed by atoms with van der Waals surface area (Å²) in [5.41, 5.74) is 0.0463. The number of nitrogens with zero attached hydrogens (tertiary/aromatic N) is 5. The second-order valence-corrected chi connectivity index (χ2v) is 8.23. The average Bonchev–Trinajstić information content (AvgIpc) is 3.29. The summed E-state index contributed by atoms with van der Waals surface area (Å²) < 4.78 is 71.7. The smallest absolute Gasteiger partial charge is 0.257 e. The number of benzene rings is 2. The van der Waals surface area contributed by atoms with E-state index in [0.717, 1.165) is 29.9 Å². The largest absolute Gasteiger partial charge is 0.320 e. The molecule has 0 aliphatic heterocycles. The topological polar surface area (TPSA) is 46.3 Å². The molecule has 4 aromatic rings. The fourth-order valence-corrected chi connectivity index (χ4v) is 3.59. The molecular formula is C23H16F5N5. The van der Waals surface area contributed by atoms with E-state index in [1.807, 2.05) is 6.92 Å². The summed E-state index contributed by atoms with van der Waals surface area (Å²) in [7, 11) is 0. The molecular weight excluding hydrogens is 441 g/mol. The van der Waals surface area contributed by atoms with E-state index in [4.69, 9.17) is 0 Å². The molecule has 33 heavy (non-hydrogen) atoms. The SMILES string of the molecule is CC1(C#Cc2cc(F)cc(N(CC(F)F)c3nc4nncn4c4c(F)cc(F)cc34)c2)CC1. The lowest BCUT2D eigenvalue weighted by Crippen LogP contribution is -2.25. The Kier molecular flexibility index (Phi) is 4.92. The van der Waals surface area contributed by atoms with Gasteiger partial charge in [-0.25, -0.2) is 22.0 Å². The number of alkyl halides is 2. The molecule has 0 radical (unpaired) electrons. The zero-order valence-corrected chi connectivity index (χ0v) is 17.3. The summed E-state index contributed by atoms with van der Waals surface area (Å²) in [6, 6.07) is 5.34. The lowest BCUT2D eigenvalue weighted by atomic mass is 10.1. The maximum Gasteiger partial charge on any atom is 0.257 e. The molecule has 5 rings (SSSR count). The zero-order valence-electron chi connectivity index (χ0n) is 17.3. The van der Waals surface area contributed by atoms with Gasteiger partial charge in [0.2, 0.25) is 0 Å². The molecule has 10 heteroatoms. The molecule has 0 amide bonds. The number of aromatic nitrogens is 4. The van der Waals surface area contributed by atoms with Gasteiger partial charge in [-0.15, -0.1) is 10.2 Å². The number of halogens is 5. The van der Waals surface area contributed by atoms with Crippen LogP contribution in [0.5, 0.6) is 0 Å². The van der Waals surface area contributed by atoms with Crippen LogP contribution in [-0.4, -0.2) is 32.6 Å². The fraction of sp³-hybridized carbons (Fsp3) is 0.261. The third kappa shape index (κ3) is 4.06. The molecule has 1 fully saturated rings. The summed E-state index contributed by atoms with van der Waals surface area (Å²) >= 11 is 0. The molecule has 0 bridgehead atoms. The maximum absolute atomic E-state index is 14.7. The molecule has 0 saturated heterocycles. The summed E-state index contributed by atoms with van der Waals surface area (Å²) in [4.78, 5) is 5.23. The van der Waals surface area contributed by atoms with Crippen LogP contribution in [0.1, 0.15) is 25.3 Å². The van der Waals surface area contributed by atoms with Crippen molar-refractivity contribution in [2.24, 2.45) is 5.41 Å². The predicted octanol–water partition coefficient (Wildman–Crippen LogP) is 5.25. The van der Waals surface area contributed by atoms with Gasteiger partial charge in [-0.05, 0) is 44.0 Å². The Balaban J connectivity index is 1.74. The molecule has 2 heterocycles. The Labute approximate surface area is 184 Å². The van der Waals surface area contributed by atoms with Crippen LogP contribution in [0.2, 0.25) is 0 Å². The number of fused-ring (bicyclic) bond motifs is 3. The fourth-order valence-electron chi connectivity index (χ4n) is 3.59. The van der Waals surface area contributed by atoms with Crippen molar-refractivity contribution < 1.29 is 22.0 Å². The van der Waals surface area contributed by atoms with Crippen molar-refractivity contribution in [1.82, 2.24) is 19.6 Å². The first-order valence-electron chi connectivity index (χ1n) is 10.1. The summed E-state index contributed by atoms with van der Waals surface area (Å²) in [6.45, 7) is 1.08. The monoisotopic (exact) mass is 457 g/mol. The van der Waals surface area contributed by atoms with Crippen molar-refractivity contribution in [3.05, 3.63) is 59.7 Å². The highest BCUT2D eigenvalue weighted by atomic mass is 19.3. The normalized spacial score (nSPS) is 14.5. The van der Waals surface area contributed by atoms with Gasteiger partial charge in [-0.2, -0.15) is 4.98 Å². The van der Waals surface area contributed by atoms with Crippen molar-refractivity contribution in [2.45, 2.75) is 26.2 Å². The molecule has 168 valence electrons. The first-order chi connectivity index (χ1) is 15.7. The minimum Gasteiger partial charge on any atom is -0.320 e. The minimum absolute atomic E-state index is 0.0166. The summed E-state index contributed by atoms with van der Waals surface area (Å²) in [6.07, 6.45) is 0.190. The molecule has 1 aliphatic carbocycles. The van der Waals surface area contributed by atoms with Gasteiger partial charge in [0.25, 0.3) is 12.2 Å². The number of hydrogen-bond acceptors (Lipinski definition) is 4. The first kappa shape index (κ1) is 21.1. The van der Waals surface area contributed by atoms with Crippen molar-refractivity contribution in [3.63, 3.8) is 0 Å². The quantitative estimate of drug-likeness (QED) is 0.310. The molecule has 0 N–H and O–H groups in total. The van der Waals surface area contributed by atoms with Gasteiger partial charge in [-0.1, -0.05) is 11.8 Å². The Bertz CT molecular complexity index is 1450. The molecule has 1 saturated carbocycles. The molecule has 0 unspecified atom stereocenters. The van der Waals surface area contributed by atoms with E-state index in [1.165, 1.54) is 22.9 Å². The molecule has 2 aromatic heterocycles. The highest BCUT2D eigenvalue weighted by Crippen LogP contribution is 2.44. The lowest BCUT2D eigenvalue weighted by Gasteiger charge is -2.25. The van der Waals surface area contributed by atoms with Crippen LogP contribution in [0.15, 0.2) is 36.7 Å². The van der Waals surface area contributed by atoms with E-state index in [2.05, 4.69) is 27.0 Å². The first-order valence-corrected chi connectivity index (χ1v) is 10.1. The zero-order chi connectivity index (χ0) is 23.3. The highest BCUT2D eigenvalue weighted by molar-refractivity contribution is 5.94. The standard InChI is InChI=1S/C23H16F5N5/c1-23(4-5-23)3-2-13-6-14(24)8-16(7-13)32(11-19(27)28)21-17-9-15(25)10-18(26)20(17)33-12-29-31-22(33)30-21/h6-10,12,19H,4-5,11H2,1H3. The Morgan fingerprint density at radius 2 is 1.85 bits per heavy atom. The molecule has 1 aliphatic rings. The number of anilines is 2. The predicted molar refractivity (Wildman–Crippen MR) is 112 cm³/mol. The van der Waals surface area contributed by atoms with E-state index in [0.29, 0.717) is 11.6 Å². The minimum atomic E-state index is -2.86. The van der Waals surface area contributed by atoms with Gasteiger partial charge in [0.1, 0.15) is 23.8 Å². The van der Waals surface area contributed by atoms with Crippen molar-refractivity contribution in [2.75, 3.05) is 11.4 Å². The third-order valence-electron chi connectivity index (χ3n) is 5.52. The van der Waals surface area contributed by atoms with Crippen molar-refractivity contribution in [1.29, 1.82) is 0 Å². The highest BCUT2D eigenvalue weighted by Gasteiger charge is 2.35. The van der Waals surface area contributed by atoms with E-state index in [-0.39, 0.29) is 33.6 Å². The van der Waals surface area contributed by atoms with Gasteiger partial charge in [-0.3, -0.25) is 4.40 Å². The Hall–Kier alpha value is -3.74. The molecule has 0 atom stereocenters. The Morgan fingerprint density at radius 1 is 1.09 bits per heavy atom. The van der Waals surface area contributed by atoms with Crippen LogP contribution in [0.4, 0.5) is 33.5 Å². The average molecular weight is 457 g/mol. The van der Waals surface area contributed by atoms with Crippen LogP contribution in [0, 0.1) is 34.7 Å². The van der Waals surface area contributed by atoms with E-state index in [9.17, 15) is 22.0 Å². The van der Waals surface area contributed by atoms with E-state index >= 15 is 0 Å². The third-order valence-corrected chi connectivity index (χ3v) is 5.52. The lowest BCUT2D eigenvalue weighted by molar-refractivity contribution is 0.158. The van der Waals surface area contributed by atoms with Crippen LogP contribution in [0.25, 0.3) is 16.7 Å². The van der Waals surface area contributed by atoms with Crippen LogP contribution in [-0.2, 0) is 0 Å². The maximum atomic E-state index is 14.7. The Morgan fingerprint density at radius 3 is 2.58 bits per heavy atom. The number of rotatable bonds is 4. The summed E-state index contributed by atoms with van der Waals surface area (Å²) in [5, 5.41) is 7.36. The van der Waals surface area contributed by atoms with Gasteiger partial charge in [0.15, 0.2) is 5.82 Å². The van der Waals surface area contributed by atoms with Crippen LogP contribution < -0.4 is 4.90 Å².